The molecule has 3 rings (SSSR count). The van der Waals surface area contributed by atoms with E-state index in [4.69, 9.17) is 30.5 Å². The molecule has 1 aromatic carbocycles. The number of hydrogen-bond donors (Lipinski definition) is 8. The Labute approximate surface area is 205 Å². The summed E-state index contributed by atoms with van der Waals surface area (Å²) in [6.45, 7) is -0.163. The molecule has 14 heteroatoms. The van der Waals surface area contributed by atoms with Crippen LogP contribution < -0.4 is 5.32 Å². The number of aliphatic hydroxyl groups excluding tert-OH is 7. The summed E-state index contributed by atoms with van der Waals surface area (Å²) < 4.78 is 21.9. The normalized spacial score (nSPS) is 37.7. The molecule has 0 saturated carbocycles. The van der Waals surface area contributed by atoms with Crippen molar-refractivity contribution in [1.82, 2.24) is 0 Å². The zero-order chi connectivity index (χ0) is 25.9. The summed E-state index contributed by atoms with van der Waals surface area (Å²) in [5, 5.41) is 73.1. The zero-order valence-corrected chi connectivity index (χ0v) is 19.4. The van der Waals surface area contributed by atoms with Gasteiger partial charge in [-0.15, -0.1) is 0 Å². The molecule has 1 amide bonds. The van der Waals surface area contributed by atoms with E-state index in [0.29, 0.717) is 16.3 Å². The van der Waals surface area contributed by atoms with E-state index in [-0.39, 0.29) is 12.5 Å². The Balaban J connectivity index is 1.66. The molecule has 10 unspecified atom stereocenters. The molecule has 2 aliphatic heterocycles. The number of nitrogens with one attached hydrogen (secondary N) is 1. The molecule has 198 valence electrons. The van der Waals surface area contributed by atoms with Crippen molar-refractivity contribution in [3.8, 4) is 0 Å². The van der Waals surface area contributed by atoms with Crippen molar-refractivity contribution in [2.45, 2.75) is 74.9 Å². The van der Waals surface area contributed by atoms with Gasteiger partial charge < -0.3 is 60.0 Å². The Bertz CT molecular complexity index is 858. The van der Waals surface area contributed by atoms with Gasteiger partial charge in [0.05, 0.1) is 30.5 Å². The summed E-state index contributed by atoms with van der Waals surface area (Å²) in [5.41, 5.74) is 0.912. The highest BCUT2D eigenvalue weighted by atomic mass is 35.5. The van der Waals surface area contributed by atoms with Crippen LogP contribution in [0.1, 0.15) is 12.5 Å². The quantitative estimate of drug-likeness (QED) is 0.177. The minimum absolute atomic E-state index is 0.116. The van der Waals surface area contributed by atoms with Gasteiger partial charge in [0.2, 0.25) is 5.91 Å². The van der Waals surface area contributed by atoms with E-state index in [2.05, 4.69) is 5.32 Å². The van der Waals surface area contributed by atoms with Crippen molar-refractivity contribution in [3.05, 3.63) is 28.8 Å². The van der Waals surface area contributed by atoms with Crippen molar-refractivity contribution >= 4 is 23.2 Å². The van der Waals surface area contributed by atoms with Gasteiger partial charge in [-0.2, -0.15) is 0 Å². The van der Waals surface area contributed by atoms with Crippen molar-refractivity contribution in [3.63, 3.8) is 0 Å². The standard InChI is InChI=1S/C21H30ClNO12/c1-8(26)23-11-4-9(2-3-10(11)22)7-32-20-18(31)16(29)19(13(6-25)34-20)35-21-17(30)15(28)14(27)12(5-24)33-21/h2-4,12-21,24-25,27-31H,5-7H2,1H3,(H,23,26). The lowest BCUT2D eigenvalue weighted by Crippen LogP contribution is -2.64. The number of ether oxygens (including phenoxy) is 4. The number of anilines is 1. The minimum atomic E-state index is -1.76. The van der Waals surface area contributed by atoms with Crippen LogP contribution in [0.15, 0.2) is 18.2 Å². The van der Waals surface area contributed by atoms with E-state index in [1.807, 2.05) is 0 Å². The van der Waals surface area contributed by atoms with Gasteiger partial charge in [0.1, 0.15) is 48.8 Å². The van der Waals surface area contributed by atoms with E-state index >= 15 is 0 Å². The predicted octanol–water partition coefficient (Wildman–Crippen LogP) is -2.56. The molecule has 2 fully saturated rings. The number of aliphatic hydroxyl groups is 7. The van der Waals surface area contributed by atoms with Gasteiger partial charge in [0.25, 0.3) is 0 Å². The highest BCUT2D eigenvalue weighted by Crippen LogP contribution is 2.30. The molecule has 0 bridgehead atoms. The molecule has 10 atom stereocenters. The van der Waals surface area contributed by atoms with Crippen LogP contribution in [-0.4, -0.2) is 116 Å². The molecule has 8 N–H and O–H groups in total. The lowest BCUT2D eigenvalue weighted by molar-refractivity contribution is -0.360. The van der Waals surface area contributed by atoms with Crippen molar-refractivity contribution in [1.29, 1.82) is 0 Å². The van der Waals surface area contributed by atoms with E-state index in [1.165, 1.54) is 6.92 Å². The number of carbonyl (C=O) groups is 1. The zero-order valence-electron chi connectivity index (χ0n) is 18.7. The SMILES string of the molecule is CC(=O)Nc1cc(COC2OC(CO)C(OC3OC(CO)C(O)C(O)C3O)C(O)C2O)ccc1Cl. The molecular formula is C21H30ClNO12. The average Bonchev–Trinajstić information content (AvgIpc) is 2.83. The molecule has 1 aromatic rings. The van der Waals surface area contributed by atoms with Crippen LogP contribution in [0.25, 0.3) is 0 Å². The van der Waals surface area contributed by atoms with Gasteiger partial charge in [-0.3, -0.25) is 4.79 Å². The van der Waals surface area contributed by atoms with Gasteiger partial charge in [0.15, 0.2) is 12.6 Å². The van der Waals surface area contributed by atoms with Gasteiger partial charge in [-0.1, -0.05) is 17.7 Å². The Hall–Kier alpha value is -1.46. The average molecular weight is 524 g/mol. The molecule has 0 aromatic heterocycles. The topological polar surface area (TPSA) is 208 Å². The Kier molecular flexibility index (Phi) is 9.79. The fraction of sp³-hybridized carbons (Fsp3) is 0.667. The minimum Gasteiger partial charge on any atom is -0.394 e. The van der Waals surface area contributed by atoms with E-state index in [1.54, 1.807) is 18.2 Å². The summed E-state index contributed by atoms with van der Waals surface area (Å²) in [4.78, 5) is 11.3. The molecule has 2 heterocycles. The van der Waals surface area contributed by atoms with Crippen LogP contribution in [-0.2, 0) is 30.3 Å². The number of amides is 1. The monoisotopic (exact) mass is 523 g/mol. The third kappa shape index (κ3) is 6.46. The summed E-state index contributed by atoms with van der Waals surface area (Å²) in [6.07, 6.45) is -15.4. The molecule has 2 saturated heterocycles. The lowest BCUT2D eigenvalue weighted by atomic mass is 9.97. The van der Waals surface area contributed by atoms with Crippen LogP contribution >= 0.6 is 11.6 Å². The summed E-state index contributed by atoms with van der Waals surface area (Å²) >= 11 is 6.04. The number of rotatable bonds is 8. The van der Waals surface area contributed by atoms with Gasteiger partial charge in [0, 0.05) is 6.92 Å². The Morgan fingerprint density at radius 3 is 2.20 bits per heavy atom. The van der Waals surface area contributed by atoms with E-state index < -0.39 is 74.6 Å². The molecule has 2 aliphatic rings. The first-order chi connectivity index (χ1) is 16.6. The van der Waals surface area contributed by atoms with Crippen LogP contribution in [0.4, 0.5) is 5.69 Å². The summed E-state index contributed by atoms with van der Waals surface area (Å²) in [7, 11) is 0. The summed E-state index contributed by atoms with van der Waals surface area (Å²) in [6, 6.07) is 4.72. The van der Waals surface area contributed by atoms with Gasteiger partial charge in [-0.05, 0) is 17.7 Å². The second-order valence-electron chi connectivity index (χ2n) is 8.31. The van der Waals surface area contributed by atoms with Crippen molar-refractivity contribution in [2.75, 3.05) is 18.5 Å². The highest BCUT2D eigenvalue weighted by molar-refractivity contribution is 6.33. The highest BCUT2D eigenvalue weighted by Gasteiger charge is 2.50. The first kappa shape index (κ1) is 28.1. The van der Waals surface area contributed by atoms with Crippen LogP contribution in [0.5, 0.6) is 0 Å². The van der Waals surface area contributed by atoms with Crippen LogP contribution in [0.3, 0.4) is 0 Å². The molecule has 0 radical (unpaired) electrons. The molecule has 0 spiro atoms. The van der Waals surface area contributed by atoms with E-state index in [9.17, 15) is 40.5 Å². The molecule has 0 aliphatic carbocycles. The third-order valence-corrected chi connectivity index (χ3v) is 6.05. The number of hydrogen-bond acceptors (Lipinski definition) is 12. The predicted molar refractivity (Wildman–Crippen MR) is 117 cm³/mol. The Morgan fingerprint density at radius 1 is 0.943 bits per heavy atom. The number of halogens is 1. The second kappa shape index (κ2) is 12.2. The molecule has 35 heavy (non-hydrogen) atoms. The van der Waals surface area contributed by atoms with Crippen LogP contribution in [0.2, 0.25) is 5.02 Å². The van der Waals surface area contributed by atoms with Gasteiger partial charge >= 0.3 is 0 Å². The van der Waals surface area contributed by atoms with E-state index in [0.717, 1.165) is 0 Å². The fourth-order valence-electron chi connectivity index (χ4n) is 3.82. The molecule has 13 nitrogen and oxygen atoms in total. The third-order valence-electron chi connectivity index (χ3n) is 5.72. The van der Waals surface area contributed by atoms with Crippen molar-refractivity contribution in [2.24, 2.45) is 0 Å². The number of carbonyl (C=O) groups excluding carboxylic acids is 1. The first-order valence-corrected chi connectivity index (χ1v) is 11.2. The first-order valence-electron chi connectivity index (χ1n) is 10.8. The maximum absolute atomic E-state index is 11.3. The number of benzene rings is 1. The summed E-state index contributed by atoms with van der Waals surface area (Å²) in [5.74, 6) is -0.324. The van der Waals surface area contributed by atoms with Crippen molar-refractivity contribution < 1.29 is 59.5 Å². The maximum atomic E-state index is 11.3. The smallest absolute Gasteiger partial charge is 0.221 e. The molecular weight excluding hydrogens is 494 g/mol. The lowest BCUT2D eigenvalue weighted by Gasteiger charge is -2.45. The maximum Gasteiger partial charge on any atom is 0.221 e. The fourth-order valence-corrected chi connectivity index (χ4v) is 3.98. The van der Waals surface area contributed by atoms with Crippen LogP contribution in [0, 0.1) is 0 Å². The Morgan fingerprint density at radius 2 is 1.57 bits per heavy atom. The second-order valence-corrected chi connectivity index (χ2v) is 8.72. The largest absolute Gasteiger partial charge is 0.394 e. The van der Waals surface area contributed by atoms with Gasteiger partial charge in [-0.25, -0.2) is 0 Å².